The second-order valence-electron chi connectivity index (χ2n) is 6.98. The number of carbonyl (C=O) groups excluding carboxylic acids is 1. The highest BCUT2D eigenvalue weighted by Crippen LogP contribution is 2.11. The van der Waals surface area contributed by atoms with E-state index >= 15 is 0 Å². The molecule has 7 heteroatoms. The lowest BCUT2D eigenvalue weighted by Gasteiger charge is -2.31. The Labute approximate surface area is 152 Å². The largest absolute Gasteiger partial charge is 0.450 e. The topological polar surface area (TPSA) is 83.2 Å². The highest BCUT2D eigenvalue weighted by atomic mass is 16.6. The SMILES string of the molecule is CCOC(=O)N1CCC(NC(N)=NCCCN2CCCCCC2)CC1. The first-order chi connectivity index (χ1) is 12.2. The van der Waals surface area contributed by atoms with Crippen LogP contribution in [0.25, 0.3) is 0 Å². The quantitative estimate of drug-likeness (QED) is 0.432. The van der Waals surface area contributed by atoms with Crippen molar-refractivity contribution >= 4 is 12.1 Å². The van der Waals surface area contributed by atoms with Gasteiger partial charge in [-0.3, -0.25) is 4.99 Å². The van der Waals surface area contributed by atoms with Crippen molar-refractivity contribution in [3.8, 4) is 0 Å². The summed E-state index contributed by atoms with van der Waals surface area (Å²) in [4.78, 5) is 20.5. The molecule has 144 valence electrons. The summed E-state index contributed by atoms with van der Waals surface area (Å²) in [6, 6.07) is 0.292. The van der Waals surface area contributed by atoms with Crippen LogP contribution in [0.5, 0.6) is 0 Å². The molecule has 0 spiro atoms. The molecule has 7 nitrogen and oxygen atoms in total. The van der Waals surface area contributed by atoms with Gasteiger partial charge < -0.3 is 25.6 Å². The van der Waals surface area contributed by atoms with Crippen molar-refractivity contribution in [1.82, 2.24) is 15.1 Å². The Bertz CT molecular complexity index is 414. The predicted molar refractivity (Wildman–Crippen MR) is 101 cm³/mol. The van der Waals surface area contributed by atoms with E-state index in [9.17, 15) is 4.79 Å². The standard InChI is InChI=1S/C18H35N5O2/c1-2-25-18(24)23-14-8-16(9-15-23)21-17(19)20-10-7-13-22-11-5-3-4-6-12-22/h16H,2-15H2,1H3,(H3,19,20,21). The second-order valence-corrected chi connectivity index (χ2v) is 6.98. The fraction of sp³-hybridized carbons (Fsp3) is 0.889. The van der Waals surface area contributed by atoms with Gasteiger partial charge in [0.05, 0.1) is 6.61 Å². The van der Waals surface area contributed by atoms with E-state index in [1.807, 2.05) is 6.92 Å². The van der Waals surface area contributed by atoms with Crippen molar-refractivity contribution in [2.45, 2.75) is 57.9 Å². The molecule has 0 aromatic carbocycles. The van der Waals surface area contributed by atoms with Crippen LogP contribution in [0.1, 0.15) is 51.9 Å². The molecule has 0 unspecified atom stereocenters. The average molecular weight is 354 g/mol. The predicted octanol–water partition coefficient (Wildman–Crippen LogP) is 1.78. The van der Waals surface area contributed by atoms with Gasteiger partial charge in [0.15, 0.2) is 5.96 Å². The van der Waals surface area contributed by atoms with E-state index in [4.69, 9.17) is 10.5 Å². The number of nitrogens with one attached hydrogen (secondary N) is 1. The van der Waals surface area contributed by atoms with Gasteiger partial charge in [0.2, 0.25) is 0 Å². The summed E-state index contributed by atoms with van der Waals surface area (Å²) in [5.74, 6) is 0.533. The number of hydrogen-bond acceptors (Lipinski definition) is 4. The fourth-order valence-corrected chi connectivity index (χ4v) is 3.53. The number of piperidine rings is 1. The lowest BCUT2D eigenvalue weighted by molar-refractivity contribution is 0.0963. The first-order valence-corrected chi connectivity index (χ1v) is 9.89. The summed E-state index contributed by atoms with van der Waals surface area (Å²) in [6.45, 7) is 8.03. The fourth-order valence-electron chi connectivity index (χ4n) is 3.53. The molecule has 0 aromatic rings. The normalized spacial score (nSPS) is 21.0. The molecule has 2 rings (SSSR count). The number of likely N-dealkylation sites (tertiary alicyclic amines) is 2. The molecule has 2 heterocycles. The summed E-state index contributed by atoms with van der Waals surface area (Å²) in [5.41, 5.74) is 6.01. The zero-order chi connectivity index (χ0) is 17.9. The van der Waals surface area contributed by atoms with E-state index in [2.05, 4.69) is 15.2 Å². The van der Waals surface area contributed by atoms with E-state index in [1.165, 1.54) is 38.8 Å². The van der Waals surface area contributed by atoms with Crippen molar-refractivity contribution in [3.05, 3.63) is 0 Å². The molecule has 2 aliphatic rings. The number of aliphatic imine (C=N–C) groups is 1. The maximum Gasteiger partial charge on any atom is 0.409 e. The number of rotatable bonds is 6. The first kappa shape index (κ1) is 19.8. The summed E-state index contributed by atoms with van der Waals surface area (Å²) in [7, 11) is 0. The third-order valence-corrected chi connectivity index (χ3v) is 4.99. The molecule has 0 bridgehead atoms. The van der Waals surface area contributed by atoms with Gasteiger partial charge >= 0.3 is 6.09 Å². The van der Waals surface area contributed by atoms with Crippen LogP contribution in [-0.4, -0.2) is 73.8 Å². The van der Waals surface area contributed by atoms with Crippen LogP contribution in [0.15, 0.2) is 4.99 Å². The van der Waals surface area contributed by atoms with Crippen molar-refractivity contribution in [2.75, 3.05) is 45.9 Å². The highest BCUT2D eigenvalue weighted by Gasteiger charge is 2.23. The lowest BCUT2D eigenvalue weighted by atomic mass is 10.1. The van der Waals surface area contributed by atoms with Gasteiger partial charge in [0, 0.05) is 25.7 Å². The number of carbonyl (C=O) groups is 1. The molecule has 0 radical (unpaired) electrons. The molecule has 2 aliphatic heterocycles. The Balaban J connectivity index is 1.59. The number of nitrogens with two attached hydrogens (primary N) is 1. The second kappa shape index (κ2) is 11.2. The van der Waals surface area contributed by atoms with E-state index in [0.717, 1.165) is 32.4 Å². The minimum atomic E-state index is -0.212. The maximum atomic E-state index is 11.7. The first-order valence-electron chi connectivity index (χ1n) is 9.89. The maximum absolute atomic E-state index is 11.7. The molecule has 3 N–H and O–H groups in total. The molecule has 2 saturated heterocycles. The number of hydrogen-bond donors (Lipinski definition) is 2. The molecule has 25 heavy (non-hydrogen) atoms. The van der Waals surface area contributed by atoms with E-state index < -0.39 is 0 Å². The third-order valence-electron chi connectivity index (χ3n) is 4.99. The molecule has 0 aromatic heterocycles. The minimum absolute atomic E-state index is 0.212. The molecular weight excluding hydrogens is 318 g/mol. The van der Waals surface area contributed by atoms with Gasteiger partial charge in [-0.1, -0.05) is 12.8 Å². The Morgan fingerprint density at radius 2 is 1.84 bits per heavy atom. The molecule has 0 saturated carbocycles. The number of guanidine groups is 1. The highest BCUT2D eigenvalue weighted by molar-refractivity contribution is 5.78. The van der Waals surface area contributed by atoms with Crippen molar-refractivity contribution < 1.29 is 9.53 Å². The average Bonchev–Trinajstić information content (AvgIpc) is 2.88. The van der Waals surface area contributed by atoms with Gasteiger partial charge in [-0.05, 0) is 58.7 Å². The molecule has 0 atom stereocenters. The summed E-state index contributed by atoms with van der Waals surface area (Å²) < 4.78 is 5.04. The van der Waals surface area contributed by atoms with Crippen LogP contribution in [0.4, 0.5) is 4.79 Å². The zero-order valence-electron chi connectivity index (χ0n) is 15.7. The Morgan fingerprint density at radius 3 is 2.48 bits per heavy atom. The van der Waals surface area contributed by atoms with Gasteiger partial charge in [0.25, 0.3) is 0 Å². The molecule has 0 aliphatic carbocycles. The number of ether oxygens (including phenoxy) is 1. The zero-order valence-corrected chi connectivity index (χ0v) is 15.7. The van der Waals surface area contributed by atoms with Crippen LogP contribution >= 0.6 is 0 Å². The molecule has 2 fully saturated rings. The Kier molecular flexibility index (Phi) is 8.86. The number of amides is 1. The van der Waals surface area contributed by atoms with Crippen LogP contribution in [0.3, 0.4) is 0 Å². The third kappa shape index (κ3) is 7.50. The Morgan fingerprint density at radius 1 is 1.16 bits per heavy atom. The number of nitrogens with zero attached hydrogens (tertiary/aromatic N) is 3. The van der Waals surface area contributed by atoms with Crippen molar-refractivity contribution in [1.29, 1.82) is 0 Å². The van der Waals surface area contributed by atoms with Gasteiger partial charge in [0.1, 0.15) is 0 Å². The summed E-state index contributed by atoms with van der Waals surface area (Å²) >= 11 is 0. The van der Waals surface area contributed by atoms with Crippen molar-refractivity contribution in [3.63, 3.8) is 0 Å². The van der Waals surface area contributed by atoms with E-state index in [0.29, 0.717) is 31.7 Å². The van der Waals surface area contributed by atoms with E-state index in [1.54, 1.807) is 4.90 Å². The molecular formula is C18H35N5O2. The van der Waals surface area contributed by atoms with E-state index in [-0.39, 0.29) is 6.09 Å². The van der Waals surface area contributed by atoms with Gasteiger partial charge in [-0.15, -0.1) is 0 Å². The van der Waals surface area contributed by atoms with Crippen LogP contribution in [0, 0.1) is 0 Å². The Hall–Kier alpha value is -1.50. The lowest BCUT2D eigenvalue weighted by Crippen LogP contribution is -2.48. The molecule has 1 amide bonds. The van der Waals surface area contributed by atoms with Crippen LogP contribution in [-0.2, 0) is 4.74 Å². The minimum Gasteiger partial charge on any atom is -0.450 e. The van der Waals surface area contributed by atoms with Gasteiger partial charge in [-0.2, -0.15) is 0 Å². The smallest absolute Gasteiger partial charge is 0.409 e. The summed E-state index contributed by atoms with van der Waals surface area (Å²) in [5, 5.41) is 3.29. The van der Waals surface area contributed by atoms with Crippen molar-refractivity contribution in [2.24, 2.45) is 10.7 Å². The summed E-state index contributed by atoms with van der Waals surface area (Å²) in [6.07, 6.45) is 8.02. The monoisotopic (exact) mass is 353 g/mol. The van der Waals surface area contributed by atoms with Crippen LogP contribution in [0.2, 0.25) is 0 Å². The van der Waals surface area contributed by atoms with Gasteiger partial charge in [-0.25, -0.2) is 4.79 Å². The van der Waals surface area contributed by atoms with Crippen LogP contribution < -0.4 is 11.1 Å².